The molecule has 1 amide bonds. The number of Topliss-reactive ketones (excluding diaryl/α,β-unsaturated/α-hetero) is 1. The molecule has 4 rings (SSSR count). The second-order valence-corrected chi connectivity index (χ2v) is 7.04. The van der Waals surface area contributed by atoms with Crippen LogP contribution in [0.5, 0.6) is 0 Å². The zero-order valence-electron chi connectivity index (χ0n) is 15.6. The normalized spacial score (nSPS) is 13.0. The van der Waals surface area contributed by atoms with Gasteiger partial charge >= 0.3 is 0 Å². The van der Waals surface area contributed by atoms with Gasteiger partial charge in [-0.25, -0.2) is 9.97 Å². The molecule has 0 atom stereocenters. The number of imidazole rings is 1. The van der Waals surface area contributed by atoms with Crippen LogP contribution in [-0.4, -0.2) is 26.2 Å². The van der Waals surface area contributed by atoms with Crippen molar-refractivity contribution in [1.29, 1.82) is 0 Å². The molecule has 0 fully saturated rings. The van der Waals surface area contributed by atoms with Crippen molar-refractivity contribution in [3.05, 3.63) is 71.9 Å². The van der Waals surface area contributed by atoms with E-state index < -0.39 is 0 Å². The van der Waals surface area contributed by atoms with Gasteiger partial charge in [0.25, 0.3) is 0 Å². The van der Waals surface area contributed by atoms with Crippen LogP contribution in [0.1, 0.15) is 47.2 Å². The molecule has 1 aromatic carbocycles. The second kappa shape index (κ2) is 8.17. The topological polar surface area (TPSA) is 76.9 Å². The van der Waals surface area contributed by atoms with E-state index in [9.17, 15) is 9.59 Å². The molecule has 0 saturated carbocycles. The fourth-order valence-electron chi connectivity index (χ4n) is 3.51. The molecule has 1 aliphatic carbocycles. The van der Waals surface area contributed by atoms with Gasteiger partial charge in [0.05, 0.1) is 11.9 Å². The molecule has 0 spiro atoms. The van der Waals surface area contributed by atoms with Gasteiger partial charge in [-0.2, -0.15) is 0 Å². The number of ketones is 1. The van der Waals surface area contributed by atoms with Crippen LogP contribution >= 0.6 is 0 Å². The number of carbonyl (C=O) groups is 2. The molecule has 3 aromatic rings. The van der Waals surface area contributed by atoms with E-state index in [-0.39, 0.29) is 24.5 Å². The van der Waals surface area contributed by atoms with Crippen molar-refractivity contribution < 1.29 is 9.59 Å². The van der Waals surface area contributed by atoms with E-state index in [1.807, 2.05) is 12.1 Å². The minimum absolute atomic E-state index is 0.0112. The highest BCUT2D eigenvalue weighted by Gasteiger charge is 2.14. The number of aromatic nitrogens is 3. The van der Waals surface area contributed by atoms with Crippen LogP contribution in [0.2, 0.25) is 0 Å². The molecule has 2 aromatic heterocycles. The molecule has 6 nitrogen and oxygen atoms in total. The van der Waals surface area contributed by atoms with E-state index in [1.54, 1.807) is 41.6 Å². The molecule has 28 heavy (non-hydrogen) atoms. The molecule has 1 N–H and O–H groups in total. The first-order valence-corrected chi connectivity index (χ1v) is 9.58. The number of fused-ring (bicyclic) bond motifs is 1. The Hall–Kier alpha value is -3.28. The summed E-state index contributed by atoms with van der Waals surface area (Å²) in [7, 11) is 0. The van der Waals surface area contributed by atoms with Gasteiger partial charge in [-0.15, -0.1) is 0 Å². The van der Waals surface area contributed by atoms with Crippen LogP contribution in [0, 0.1) is 0 Å². The highest BCUT2D eigenvalue weighted by Crippen LogP contribution is 2.23. The smallest absolute Gasteiger partial charge is 0.224 e. The zero-order valence-corrected chi connectivity index (χ0v) is 15.6. The Kier molecular flexibility index (Phi) is 5.28. The van der Waals surface area contributed by atoms with Crippen molar-refractivity contribution >= 4 is 17.4 Å². The van der Waals surface area contributed by atoms with Crippen molar-refractivity contribution in [2.75, 3.05) is 5.32 Å². The van der Waals surface area contributed by atoms with Gasteiger partial charge in [0.15, 0.2) is 5.78 Å². The number of benzene rings is 1. The summed E-state index contributed by atoms with van der Waals surface area (Å²) in [6, 6.07) is 9.55. The largest absolute Gasteiger partial charge is 0.325 e. The maximum Gasteiger partial charge on any atom is 0.224 e. The first-order valence-electron chi connectivity index (χ1n) is 9.58. The molecule has 0 bridgehead atoms. The van der Waals surface area contributed by atoms with Crippen molar-refractivity contribution in [2.45, 2.75) is 38.5 Å². The summed E-state index contributed by atoms with van der Waals surface area (Å²) in [6.45, 7) is 0. The van der Waals surface area contributed by atoms with E-state index in [4.69, 9.17) is 0 Å². The van der Waals surface area contributed by atoms with Crippen LogP contribution in [0.25, 0.3) is 5.82 Å². The molecular formula is C22H22N4O2. The minimum atomic E-state index is -0.191. The Morgan fingerprint density at radius 2 is 1.89 bits per heavy atom. The lowest BCUT2D eigenvalue weighted by atomic mass is 9.89. The van der Waals surface area contributed by atoms with Crippen LogP contribution in [0.15, 0.2) is 55.2 Å². The Morgan fingerprint density at radius 3 is 2.64 bits per heavy atom. The van der Waals surface area contributed by atoms with Crippen LogP contribution in [0.3, 0.4) is 0 Å². The summed E-state index contributed by atoms with van der Waals surface area (Å²) < 4.78 is 1.78. The van der Waals surface area contributed by atoms with Gasteiger partial charge in [0.2, 0.25) is 5.91 Å². The molecule has 0 radical (unpaired) electrons. The number of nitrogens with zero attached hydrogens (tertiary/aromatic N) is 3. The van der Waals surface area contributed by atoms with Gasteiger partial charge in [0, 0.05) is 30.8 Å². The predicted octanol–water partition coefficient (Wildman–Crippen LogP) is 3.75. The third kappa shape index (κ3) is 4.17. The summed E-state index contributed by atoms with van der Waals surface area (Å²) >= 11 is 0. The van der Waals surface area contributed by atoms with Crippen molar-refractivity contribution in [3.8, 4) is 5.82 Å². The summed E-state index contributed by atoms with van der Waals surface area (Å²) in [5.74, 6) is 0.540. The summed E-state index contributed by atoms with van der Waals surface area (Å²) in [5.41, 5.74) is 3.95. The first kappa shape index (κ1) is 18.1. The monoisotopic (exact) mass is 374 g/mol. The third-order valence-electron chi connectivity index (χ3n) is 5.05. The van der Waals surface area contributed by atoms with Crippen molar-refractivity contribution in [1.82, 2.24) is 14.5 Å². The summed E-state index contributed by atoms with van der Waals surface area (Å²) in [6.07, 6.45) is 11.6. The number of hydrogen-bond donors (Lipinski definition) is 1. The molecule has 1 aliphatic rings. The zero-order chi connectivity index (χ0) is 19.3. The van der Waals surface area contributed by atoms with E-state index in [0.717, 1.165) is 18.7 Å². The van der Waals surface area contributed by atoms with E-state index in [2.05, 4.69) is 21.4 Å². The van der Waals surface area contributed by atoms with Crippen molar-refractivity contribution in [3.63, 3.8) is 0 Å². The standard InChI is InChI=1S/C22H22N4O2/c27-20(18-6-5-16-3-1-2-4-17(16)13-18)8-10-22(28)25-19-7-9-21(24-14-19)26-12-11-23-15-26/h5-7,9,11-15H,1-4,8,10H2,(H,25,28). The van der Waals surface area contributed by atoms with Crippen LogP contribution < -0.4 is 5.32 Å². The molecule has 142 valence electrons. The lowest BCUT2D eigenvalue weighted by Gasteiger charge is -2.16. The molecular weight excluding hydrogens is 352 g/mol. The van der Waals surface area contributed by atoms with Crippen LogP contribution in [-0.2, 0) is 17.6 Å². The number of carbonyl (C=O) groups excluding carboxylic acids is 2. The van der Waals surface area contributed by atoms with Gasteiger partial charge in [-0.05, 0) is 55.0 Å². The molecule has 0 aliphatic heterocycles. The summed E-state index contributed by atoms with van der Waals surface area (Å²) in [5, 5.41) is 2.79. The Labute approximate surface area is 163 Å². The fraction of sp³-hybridized carbons (Fsp3) is 0.273. The van der Waals surface area contributed by atoms with E-state index in [0.29, 0.717) is 11.3 Å². The predicted molar refractivity (Wildman–Crippen MR) is 107 cm³/mol. The van der Waals surface area contributed by atoms with Gasteiger partial charge in [-0.1, -0.05) is 12.1 Å². The Morgan fingerprint density at radius 1 is 1.04 bits per heavy atom. The fourth-order valence-corrected chi connectivity index (χ4v) is 3.51. The van der Waals surface area contributed by atoms with Crippen molar-refractivity contribution in [2.24, 2.45) is 0 Å². The van der Waals surface area contributed by atoms with Gasteiger partial charge in [-0.3, -0.25) is 14.2 Å². The lowest BCUT2D eigenvalue weighted by molar-refractivity contribution is -0.116. The Balaban J connectivity index is 1.31. The maximum atomic E-state index is 12.5. The minimum Gasteiger partial charge on any atom is -0.325 e. The quantitative estimate of drug-likeness (QED) is 0.667. The SMILES string of the molecule is O=C(CCC(=O)c1ccc2c(c1)CCCC2)Nc1ccc(-n2ccnc2)nc1. The summed E-state index contributed by atoms with van der Waals surface area (Å²) in [4.78, 5) is 32.9. The number of aryl methyl sites for hydroxylation is 2. The number of nitrogens with one attached hydrogen (secondary N) is 1. The molecule has 0 saturated heterocycles. The first-order chi connectivity index (χ1) is 13.7. The van der Waals surface area contributed by atoms with E-state index >= 15 is 0 Å². The lowest BCUT2D eigenvalue weighted by Crippen LogP contribution is -2.14. The number of pyridine rings is 1. The molecule has 0 unspecified atom stereocenters. The third-order valence-corrected chi connectivity index (χ3v) is 5.05. The molecule has 6 heteroatoms. The van der Waals surface area contributed by atoms with Crippen LogP contribution in [0.4, 0.5) is 5.69 Å². The highest BCUT2D eigenvalue weighted by molar-refractivity contribution is 6.00. The second-order valence-electron chi connectivity index (χ2n) is 7.04. The number of hydrogen-bond acceptors (Lipinski definition) is 4. The molecule has 2 heterocycles. The van der Waals surface area contributed by atoms with Gasteiger partial charge < -0.3 is 5.32 Å². The number of rotatable bonds is 6. The maximum absolute atomic E-state index is 12.5. The van der Waals surface area contributed by atoms with E-state index in [1.165, 1.54) is 24.0 Å². The average Bonchev–Trinajstić information content (AvgIpc) is 3.27. The number of anilines is 1. The average molecular weight is 374 g/mol. The number of amides is 1. The Bertz CT molecular complexity index is 978. The highest BCUT2D eigenvalue weighted by atomic mass is 16.2. The van der Waals surface area contributed by atoms with Gasteiger partial charge in [0.1, 0.15) is 12.1 Å².